The second-order valence-electron chi connectivity index (χ2n) is 7.32. The molecule has 0 aromatic rings. The molecular weight excluding hydrogens is 469 g/mol. The van der Waals surface area contributed by atoms with E-state index in [1.165, 1.54) is 0 Å². The van der Waals surface area contributed by atoms with Gasteiger partial charge in [-0.05, 0) is 19.3 Å². The SMILES string of the molecule is C=CC(=O)[N+]1(C)CCCCCC1C(F)(F)C(F)(F)C(F)(F)C(F)(F)C(F)(F)C(F)(F)F. The van der Waals surface area contributed by atoms with Crippen LogP contribution in [0.15, 0.2) is 12.7 Å². The Kier molecular flexibility index (Phi) is 6.92. The lowest BCUT2D eigenvalue weighted by Crippen LogP contribution is -2.75. The van der Waals surface area contributed by atoms with Crippen molar-refractivity contribution in [3.8, 4) is 0 Å². The van der Waals surface area contributed by atoms with Crippen LogP contribution in [0.5, 0.6) is 0 Å². The summed E-state index contributed by atoms with van der Waals surface area (Å²) < 4.78 is 173. The van der Waals surface area contributed by atoms with Gasteiger partial charge in [-0.15, -0.1) is 0 Å². The molecule has 2 nitrogen and oxygen atoms in total. The van der Waals surface area contributed by atoms with Crippen LogP contribution in [0.2, 0.25) is 0 Å². The van der Waals surface area contributed by atoms with Crippen LogP contribution in [-0.2, 0) is 4.79 Å². The predicted octanol–water partition coefficient (Wildman–Crippen LogP) is 5.83. The summed E-state index contributed by atoms with van der Waals surface area (Å²) in [6.07, 6.45) is -8.58. The topological polar surface area (TPSA) is 17.1 Å². The molecule has 1 aliphatic heterocycles. The van der Waals surface area contributed by atoms with E-state index in [2.05, 4.69) is 6.58 Å². The fraction of sp³-hybridized carbons (Fsp3) is 0.812. The first-order chi connectivity index (χ1) is 13.6. The molecule has 31 heavy (non-hydrogen) atoms. The smallest absolute Gasteiger partial charge is 0.251 e. The average Bonchev–Trinajstić information content (AvgIpc) is 2.82. The van der Waals surface area contributed by atoms with Crippen LogP contribution in [0.1, 0.15) is 25.7 Å². The van der Waals surface area contributed by atoms with Crippen molar-refractivity contribution >= 4 is 5.91 Å². The van der Waals surface area contributed by atoms with Crippen molar-refractivity contribution in [1.29, 1.82) is 0 Å². The molecule has 0 aromatic carbocycles. The minimum Gasteiger partial charge on any atom is -0.251 e. The van der Waals surface area contributed by atoms with E-state index < -0.39 is 65.2 Å². The zero-order chi connectivity index (χ0) is 24.9. The Hall–Kier alpha value is -1.54. The van der Waals surface area contributed by atoms with Crippen LogP contribution in [0.25, 0.3) is 0 Å². The number of carbonyl (C=O) groups is 1. The van der Waals surface area contributed by atoms with E-state index in [4.69, 9.17) is 0 Å². The molecule has 182 valence electrons. The van der Waals surface area contributed by atoms with Gasteiger partial charge in [-0.3, -0.25) is 4.48 Å². The van der Waals surface area contributed by atoms with E-state index in [0.717, 1.165) is 0 Å². The zero-order valence-electron chi connectivity index (χ0n) is 15.7. The van der Waals surface area contributed by atoms with Gasteiger partial charge in [0.15, 0.2) is 6.04 Å². The predicted molar refractivity (Wildman–Crippen MR) is 79.3 cm³/mol. The number of nitrogens with zero attached hydrogens (tertiary/aromatic N) is 1. The number of rotatable bonds is 6. The number of alkyl halides is 13. The summed E-state index contributed by atoms with van der Waals surface area (Å²) >= 11 is 0. The maximum absolute atomic E-state index is 14.7. The van der Waals surface area contributed by atoms with E-state index >= 15 is 0 Å². The number of hydrogen-bond acceptors (Lipinski definition) is 1. The summed E-state index contributed by atoms with van der Waals surface area (Å²) in [6.45, 7) is 2.30. The van der Waals surface area contributed by atoms with Crippen molar-refractivity contribution in [2.45, 2.75) is 67.5 Å². The van der Waals surface area contributed by atoms with E-state index in [1.807, 2.05) is 0 Å². The van der Waals surface area contributed by atoms with Crippen molar-refractivity contribution in [2.75, 3.05) is 13.6 Å². The molecule has 0 saturated carbocycles. The Bertz CT molecular complexity index is 700. The molecule has 2 unspecified atom stereocenters. The number of carbonyl (C=O) groups excluding carboxylic acids is 1. The zero-order valence-corrected chi connectivity index (χ0v) is 15.7. The molecule has 0 radical (unpaired) electrons. The molecule has 1 heterocycles. The quantitative estimate of drug-likeness (QED) is 0.263. The van der Waals surface area contributed by atoms with Crippen molar-refractivity contribution < 1.29 is 66.4 Å². The third kappa shape index (κ3) is 3.80. The highest BCUT2D eigenvalue weighted by molar-refractivity contribution is 5.81. The maximum atomic E-state index is 14.7. The van der Waals surface area contributed by atoms with Crippen molar-refractivity contribution in [3.05, 3.63) is 12.7 Å². The Morgan fingerprint density at radius 3 is 1.65 bits per heavy atom. The highest BCUT2D eigenvalue weighted by atomic mass is 19.4. The van der Waals surface area contributed by atoms with Crippen LogP contribution >= 0.6 is 0 Å². The van der Waals surface area contributed by atoms with Crippen LogP contribution in [-0.4, -0.2) is 65.8 Å². The highest BCUT2D eigenvalue weighted by Gasteiger charge is 2.92. The normalized spacial score (nSPS) is 25.2. The summed E-state index contributed by atoms with van der Waals surface area (Å²) in [5.74, 6) is -38.7. The van der Waals surface area contributed by atoms with Crippen LogP contribution in [0.4, 0.5) is 57.1 Å². The monoisotopic (exact) mass is 486 g/mol. The summed E-state index contributed by atoms with van der Waals surface area (Å²) in [7, 11) is 0.602. The number of likely N-dealkylation sites (tertiary alicyclic amines) is 1. The van der Waals surface area contributed by atoms with E-state index in [0.29, 0.717) is 13.1 Å². The molecule has 1 amide bonds. The molecule has 0 aromatic heterocycles. The summed E-state index contributed by atoms with van der Waals surface area (Å²) in [5, 5.41) is 0. The third-order valence-corrected chi connectivity index (χ3v) is 5.34. The fourth-order valence-electron chi connectivity index (χ4n) is 3.40. The lowest BCUT2D eigenvalue weighted by molar-refractivity contribution is -0.870. The molecule has 1 aliphatic rings. The molecule has 15 heteroatoms. The van der Waals surface area contributed by atoms with Gasteiger partial charge in [0.2, 0.25) is 0 Å². The van der Waals surface area contributed by atoms with Gasteiger partial charge in [0.05, 0.1) is 13.6 Å². The maximum Gasteiger partial charge on any atom is 0.460 e. The standard InChI is InChI=1S/C16H17F13NO/c1-3-10(31)30(2)8-6-4-5-7-9(30)11(17,18)12(19,20)13(21,22)14(23,24)15(25,26)16(27,28)29/h3,9H,1,4-8H2,2H3/q+1. The van der Waals surface area contributed by atoms with Gasteiger partial charge in [0, 0.05) is 12.5 Å². The molecule has 0 bridgehead atoms. The second-order valence-corrected chi connectivity index (χ2v) is 7.32. The van der Waals surface area contributed by atoms with Crippen molar-refractivity contribution in [2.24, 2.45) is 0 Å². The van der Waals surface area contributed by atoms with E-state index in [9.17, 15) is 61.9 Å². The van der Waals surface area contributed by atoms with Crippen LogP contribution in [0, 0.1) is 0 Å². The Balaban J connectivity index is 3.67. The molecule has 1 fully saturated rings. The van der Waals surface area contributed by atoms with Gasteiger partial charge in [0.25, 0.3) is 0 Å². The van der Waals surface area contributed by atoms with Gasteiger partial charge in [0.1, 0.15) is 0 Å². The van der Waals surface area contributed by atoms with Crippen LogP contribution in [0.3, 0.4) is 0 Å². The Labute approximate surface area is 167 Å². The summed E-state index contributed by atoms with van der Waals surface area (Å²) in [4.78, 5) is 12.0. The van der Waals surface area contributed by atoms with E-state index in [-0.39, 0.29) is 19.3 Å². The largest absolute Gasteiger partial charge is 0.460 e. The summed E-state index contributed by atoms with van der Waals surface area (Å²) in [5.41, 5.74) is 0. The second kappa shape index (κ2) is 7.80. The van der Waals surface area contributed by atoms with Crippen molar-refractivity contribution in [1.82, 2.24) is 0 Å². The molecule has 1 rings (SSSR count). The molecule has 0 aliphatic carbocycles. The first-order valence-electron chi connectivity index (χ1n) is 8.55. The van der Waals surface area contributed by atoms with Gasteiger partial charge >= 0.3 is 41.7 Å². The minimum absolute atomic E-state index is 0.0368. The number of hydrogen-bond donors (Lipinski definition) is 0. The number of halogens is 13. The van der Waals surface area contributed by atoms with Gasteiger partial charge < -0.3 is 0 Å². The Morgan fingerprint density at radius 2 is 1.23 bits per heavy atom. The van der Waals surface area contributed by atoms with Gasteiger partial charge in [-0.1, -0.05) is 6.58 Å². The number of likely N-dealkylation sites (N-methyl/N-ethyl adjacent to an activating group) is 1. The first kappa shape index (κ1) is 27.5. The molecule has 2 atom stereocenters. The number of amides is 1. The van der Waals surface area contributed by atoms with Crippen molar-refractivity contribution in [3.63, 3.8) is 0 Å². The fourth-order valence-corrected chi connectivity index (χ4v) is 3.40. The molecule has 0 spiro atoms. The Morgan fingerprint density at radius 1 is 0.774 bits per heavy atom. The number of quaternary nitrogens is 1. The first-order valence-corrected chi connectivity index (χ1v) is 8.55. The molecular formula is C16H17F13NO+. The molecule has 1 saturated heterocycles. The van der Waals surface area contributed by atoms with Gasteiger partial charge in [-0.25, -0.2) is 4.79 Å². The minimum atomic E-state index is -7.96. The lowest BCUT2D eigenvalue weighted by atomic mass is 9.87. The van der Waals surface area contributed by atoms with Gasteiger partial charge in [-0.2, -0.15) is 57.1 Å². The summed E-state index contributed by atoms with van der Waals surface area (Å²) in [6, 6.07) is -3.14. The van der Waals surface area contributed by atoms with Crippen LogP contribution < -0.4 is 0 Å². The highest BCUT2D eigenvalue weighted by Crippen LogP contribution is 2.61. The van der Waals surface area contributed by atoms with E-state index in [1.54, 1.807) is 0 Å². The average molecular weight is 486 g/mol. The molecule has 0 N–H and O–H groups in total. The lowest BCUT2D eigenvalue weighted by Gasteiger charge is -2.45. The third-order valence-electron chi connectivity index (χ3n) is 5.34.